The second-order valence-corrected chi connectivity index (χ2v) is 4.40. The molecule has 0 aromatic carbocycles. The number of carbonyl (C=O) groups excluding carboxylic acids is 3. The summed E-state index contributed by atoms with van der Waals surface area (Å²) < 4.78 is 0. The van der Waals surface area contributed by atoms with Gasteiger partial charge in [-0.15, -0.1) is 0 Å². The zero-order valence-electron chi connectivity index (χ0n) is 11.3. The second-order valence-electron chi connectivity index (χ2n) is 4.40. The van der Waals surface area contributed by atoms with E-state index in [1.807, 2.05) is 0 Å². The Balaban J connectivity index is 2.03. The minimum atomic E-state index is -0.283. The first kappa shape index (κ1) is 15.2. The highest BCUT2D eigenvalue weighted by atomic mass is 16.2. The lowest BCUT2D eigenvalue weighted by Crippen LogP contribution is -2.38. The molecule has 1 heterocycles. The van der Waals surface area contributed by atoms with E-state index in [9.17, 15) is 14.4 Å². The smallest absolute Gasteiger partial charge is 0.314 e. The molecule has 0 saturated carbocycles. The van der Waals surface area contributed by atoms with Gasteiger partial charge in [-0.05, 0) is 12.8 Å². The van der Waals surface area contributed by atoms with Gasteiger partial charge >= 0.3 is 6.03 Å². The molecule has 2 N–H and O–H groups in total. The van der Waals surface area contributed by atoms with Crippen molar-refractivity contribution in [3.63, 3.8) is 0 Å². The highest BCUT2D eigenvalue weighted by Gasteiger charge is 2.22. The Bertz CT molecular complexity index is 348. The monoisotopic (exact) mass is 267 g/mol. The number of hydrogen-bond acceptors (Lipinski definition) is 3. The molecule has 0 aromatic heterocycles. The first-order chi connectivity index (χ1) is 9.15. The number of carbonyl (C=O) groups is 3. The first-order valence-electron chi connectivity index (χ1n) is 6.70. The van der Waals surface area contributed by atoms with Crippen LogP contribution in [0, 0.1) is 0 Å². The van der Waals surface area contributed by atoms with E-state index < -0.39 is 0 Å². The van der Waals surface area contributed by atoms with Crippen LogP contribution in [0.4, 0.5) is 4.79 Å². The normalized spacial score (nSPS) is 14.1. The van der Waals surface area contributed by atoms with Gasteiger partial charge in [-0.1, -0.05) is 19.8 Å². The molecule has 6 nitrogen and oxygen atoms in total. The molecule has 1 rings (SSSR count). The Labute approximate surface area is 113 Å². The average Bonchev–Trinajstić information content (AvgIpc) is 2.71. The van der Waals surface area contributed by atoms with E-state index in [1.54, 1.807) is 0 Å². The maximum atomic E-state index is 11.3. The highest BCUT2D eigenvalue weighted by Crippen LogP contribution is 2.03. The van der Waals surface area contributed by atoms with Crippen LogP contribution in [0.1, 0.15) is 32.6 Å². The van der Waals surface area contributed by atoms with Crippen molar-refractivity contribution >= 4 is 17.8 Å². The molecule has 1 aliphatic rings. The number of nitrogens with zero attached hydrogens (tertiary/aromatic N) is 1. The molecule has 19 heavy (non-hydrogen) atoms. The van der Waals surface area contributed by atoms with Gasteiger partial charge in [0, 0.05) is 31.8 Å². The number of unbranched alkanes of at least 4 members (excludes halogenated alkanes) is 2. The Kier molecular flexibility index (Phi) is 6.63. The lowest BCUT2D eigenvalue weighted by atomic mass is 10.2. The van der Waals surface area contributed by atoms with Crippen molar-refractivity contribution in [3.8, 4) is 0 Å². The minimum Gasteiger partial charge on any atom is -0.338 e. The van der Waals surface area contributed by atoms with Crippen LogP contribution in [-0.4, -0.2) is 42.4 Å². The van der Waals surface area contributed by atoms with Crippen LogP contribution in [0.3, 0.4) is 0 Å². The van der Waals surface area contributed by atoms with Gasteiger partial charge in [0.1, 0.15) is 0 Å². The van der Waals surface area contributed by atoms with Crippen molar-refractivity contribution < 1.29 is 14.4 Å². The fraction of sp³-hybridized carbons (Fsp3) is 0.615. The third-order valence-electron chi connectivity index (χ3n) is 2.81. The van der Waals surface area contributed by atoms with Crippen LogP contribution in [-0.2, 0) is 9.59 Å². The van der Waals surface area contributed by atoms with Crippen LogP contribution in [0.25, 0.3) is 0 Å². The van der Waals surface area contributed by atoms with E-state index in [1.165, 1.54) is 17.1 Å². The molecule has 0 aliphatic carbocycles. The zero-order valence-corrected chi connectivity index (χ0v) is 11.3. The van der Waals surface area contributed by atoms with Gasteiger partial charge in [0.05, 0.1) is 0 Å². The number of urea groups is 1. The lowest BCUT2D eigenvalue weighted by molar-refractivity contribution is -0.136. The van der Waals surface area contributed by atoms with Crippen molar-refractivity contribution in [2.75, 3.05) is 19.6 Å². The first-order valence-corrected chi connectivity index (χ1v) is 6.70. The third-order valence-corrected chi connectivity index (χ3v) is 2.81. The Morgan fingerprint density at radius 2 is 1.63 bits per heavy atom. The largest absolute Gasteiger partial charge is 0.338 e. The SMILES string of the molecule is CCCCCNC(=O)NCCCN1C(=O)C=CC1=O. The number of imide groups is 1. The van der Waals surface area contributed by atoms with Gasteiger partial charge in [-0.25, -0.2) is 4.79 Å². The molecule has 0 aromatic rings. The van der Waals surface area contributed by atoms with Gasteiger partial charge in [-0.2, -0.15) is 0 Å². The second kappa shape index (κ2) is 8.29. The summed E-state index contributed by atoms with van der Waals surface area (Å²) >= 11 is 0. The van der Waals surface area contributed by atoms with Crippen LogP contribution in [0.15, 0.2) is 12.2 Å². The molecule has 0 unspecified atom stereocenters. The summed E-state index contributed by atoms with van der Waals surface area (Å²) in [5.74, 6) is -0.567. The summed E-state index contributed by atoms with van der Waals surface area (Å²) in [6, 6.07) is -0.201. The molecule has 1 aliphatic heterocycles. The Hall–Kier alpha value is -1.85. The van der Waals surface area contributed by atoms with E-state index >= 15 is 0 Å². The molecule has 0 radical (unpaired) electrons. The van der Waals surface area contributed by atoms with E-state index in [4.69, 9.17) is 0 Å². The predicted octanol–water partition coefficient (Wildman–Crippen LogP) is 0.791. The molecular weight excluding hydrogens is 246 g/mol. The van der Waals surface area contributed by atoms with Gasteiger partial charge in [-0.3, -0.25) is 14.5 Å². The number of hydrogen-bond donors (Lipinski definition) is 2. The van der Waals surface area contributed by atoms with Crippen molar-refractivity contribution in [2.24, 2.45) is 0 Å². The Morgan fingerprint density at radius 3 is 2.21 bits per heavy atom. The summed E-state index contributed by atoms with van der Waals surface area (Å²) in [7, 11) is 0. The third kappa shape index (κ3) is 5.54. The van der Waals surface area contributed by atoms with Crippen LogP contribution in [0.5, 0.6) is 0 Å². The van der Waals surface area contributed by atoms with Crippen molar-refractivity contribution in [1.29, 1.82) is 0 Å². The lowest BCUT2D eigenvalue weighted by Gasteiger charge is -2.13. The fourth-order valence-corrected chi connectivity index (χ4v) is 1.73. The molecule has 106 valence electrons. The predicted molar refractivity (Wildman–Crippen MR) is 71.4 cm³/mol. The van der Waals surface area contributed by atoms with E-state index in [-0.39, 0.29) is 17.8 Å². The molecule has 4 amide bonds. The van der Waals surface area contributed by atoms with Crippen molar-refractivity contribution in [1.82, 2.24) is 15.5 Å². The summed E-state index contributed by atoms with van der Waals surface area (Å²) in [5.41, 5.74) is 0. The molecule has 0 fully saturated rings. The molecule has 0 bridgehead atoms. The van der Waals surface area contributed by atoms with E-state index in [2.05, 4.69) is 17.6 Å². The summed E-state index contributed by atoms with van der Waals surface area (Å²) in [6.07, 6.45) is 6.28. The molecule has 0 atom stereocenters. The highest BCUT2D eigenvalue weighted by molar-refractivity contribution is 6.12. The molecule has 0 saturated heterocycles. The molecular formula is C13H21N3O3. The van der Waals surface area contributed by atoms with Gasteiger partial charge < -0.3 is 10.6 Å². The van der Waals surface area contributed by atoms with E-state index in [0.29, 0.717) is 26.1 Å². The van der Waals surface area contributed by atoms with E-state index in [0.717, 1.165) is 19.3 Å². The Morgan fingerprint density at radius 1 is 1.05 bits per heavy atom. The van der Waals surface area contributed by atoms with Gasteiger partial charge in [0.25, 0.3) is 11.8 Å². The van der Waals surface area contributed by atoms with Crippen molar-refractivity contribution in [2.45, 2.75) is 32.6 Å². The average molecular weight is 267 g/mol. The maximum absolute atomic E-state index is 11.3. The number of rotatable bonds is 8. The van der Waals surface area contributed by atoms with Crippen LogP contribution in [0.2, 0.25) is 0 Å². The minimum absolute atomic E-state index is 0.201. The number of nitrogens with one attached hydrogen (secondary N) is 2. The van der Waals surface area contributed by atoms with Crippen LogP contribution < -0.4 is 10.6 Å². The fourth-order valence-electron chi connectivity index (χ4n) is 1.73. The summed E-state index contributed by atoms with van der Waals surface area (Å²) in [6.45, 7) is 3.56. The standard InChI is InChI=1S/C13H21N3O3/c1-2-3-4-8-14-13(19)15-9-5-10-16-11(17)6-7-12(16)18/h6-7H,2-5,8-10H2,1H3,(H2,14,15,19). The van der Waals surface area contributed by atoms with Gasteiger partial charge in [0.15, 0.2) is 0 Å². The maximum Gasteiger partial charge on any atom is 0.314 e. The summed E-state index contributed by atoms with van der Waals surface area (Å²) in [4.78, 5) is 35.0. The quantitative estimate of drug-likeness (QED) is 0.504. The topological polar surface area (TPSA) is 78.5 Å². The summed E-state index contributed by atoms with van der Waals surface area (Å²) in [5, 5.41) is 5.45. The van der Waals surface area contributed by atoms with Gasteiger partial charge in [0.2, 0.25) is 0 Å². The number of amides is 4. The zero-order chi connectivity index (χ0) is 14.1. The molecule has 6 heteroatoms. The van der Waals surface area contributed by atoms with Crippen LogP contribution >= 0.6 is 0 Å². The van der Waals surface area contributed by atoms with Crippen molar-refractivity contribution in [3.05, 3.63) is 12.2 Å². The molecule has 0 spiro atoms.